The van der Waals surface area contributed by atoms with Crippen molar-refractivity contribution in [2.45, 2.75) is 6.36 Å². The summed E-state index contributed by atoms with van der Waals surface area (Å²) in [6.07, 6.45) is -1.32. The van der Waals surface area contributed by atoms with E-state index in [1.165, 1.54) is 24.3 Å². The van der Waals surface area contributed by atoms with E-state index >= 15 is 0 Å². The molecule has 4 aromatic rings. The first-order chi connectivity index (χ1) is 12.8. The lowest BCUT2D eigenvalue weighted by Gasteiger charge is -2.12. The van der Waals surface area contributed by atoms with Crippen molar-refractivity contribution >= 4 is 55.7 Å². The van der Waals surface area contributed by atoms with Gasteiger partial charge < -0.3 is 10.1 Å². The molecular formula is C17H9BrClF3N4O. The van der Waals surface area contributed by atoms with Crippen LogP contribution in [0.2, 0.25) is 5.02 Å². The Morgan fingerprint density at radius 2 is 1.89 bits per heavy atom. The molecule has 0 atom stereocenters. The molecule has 0 fully saturated rings. The lowest BCUT2D eigenvalue weighted by molar-refractivity contribution is -0.274. The fourth-order valence-corrected chi connectivity index (χ4v) is 3.65. The normalized spacial score (nSPS) is 11.9. The number of rotatable bonds is 3. The van der Waals surface area contributed by atoms with Gasteiger partial charge >= 0.3 is 6.36 Å². The zero-order valence-electron chi connectivity index (χ0n) is 13.3. The minimum absolute atomic E-state index is 0.304. The van der Waals surface area contributed by atoms with E-state index in [9.17, 15) is 13.2 Å². The van der Waals surface area contributed by atoms with Crippen LogP contribution in [0.25, 0.3) is 16.7 Å². The van der Waals surface area contributed by atoms with Gasteiger partial charge in [0.2, 0.25) is 0 Å². The molecule has 138 valence electrons. The summed E-state index contributed by atoms with van der Waals surface area (Å²) in [4.78, 5) is 8.86. The van der Waals surface area contributed by atoms with Gasteiger partial charge in [-0.3, -0.25) is 4.40 Å². The Labute approximate surface area is 163 Å². The number of nitrogens with one attached hydrogen (secondary N) is 1. The fraction of sp³-hybridized carbons (Fsp3) is 0.0588. The number of nitrogens with zero attached hydrogens (tertiary/aromatic N) is 3. The Bertz CT molecular complexity index is 1150. The molecule has 0 aliphatic carbocycles. The highest BCUT2D eigenvalue weighted by Gasteiger charge is 2.30. The number of anilines is 2. The van der Waals surface area contributed by atoms with Gasteiger partial charge in [-0.1, -0.05) is 11.6 Å². The molecule has 0 aliphatic rings. The summed E-state index contributed by atoms with van der Waals surface area (Å²) in [5.41, 5.74) is 2.51. The average molecular weight is 458 g/mol. The van der Waals surface area contributed by atoms with Crippen molar-refractivity contribution in [3.05, 3.63) is 58.3 Å². The number of fused-ring (bicyclic) bond motifs is 3. The highest BCUT2D eigenvalue weighted by Crippen LogP contribution is 2.31. The largest absolute Gasteiger partial charge is 0.573 e. The minimum atomic E-state index is -4.73. The molecule has 27 heavy (non-hydrogen) atoms. The Hall–Kier alpha value is -2.52. The zero-order valence-corrected chi connectivity index (χ0v) is 15.6. The van der Waals surface area contributed by atoms with Crippen LogP contribution >= 0.6 is 27.5 Å². The Morgan fingerprint density at radius 1 is 1.15 bits per heavy atom. The van der Waals surface area contributed by atoms with Crippen LogP contribution in [0.4, 0.5) is 24.7 Å². The molecule has 0 radical (unpaired) electrons. The molecule has 1 N–H and O–H groups in total. The van der Waals surface area contributed by atoms with E-state index in [2.05, 4.69) is 36.0 Å². The third kappa shape index (κ3) is 3.65. The number of hydrogen-bond acceptors (Lipinski definition) is 4. The van der Waals surface area contributed by atoms with Gasteiger partial charge in [0.05, 0.1) is 11.0 Å². The topological polar surface area (TPSA) is 51.5 Å². The molecule has 0 aliphatic heterocycles. The quantitative estimate of drug-likeness (QED) is 0.414. The van der Waals surface area contributed by atoms with Crippen LogP contribution in [0.3, 0.4) is 0 Å². The first kappa shape index (κ1) is 17.9. The molecule has 2 aromatic heterocycles. The second kappa shape index (κ2) is 6.58. The van der Waals surface area contributed by atoms with Crippen molar-refractivity contribution in [1.29, 1.82) is 0 Å². The van der Waals surface area contributed by atoms with Crippen molar-refractivity contribution in [2.24, 2.45) is 0 Å². The molecule has 2 heterocycles. The SMILES string of the molecule is FC(F)(F)Oc1ccc(Nc2nc3cc(Cl)cc(Br)c3n3ccnc23)cc1. The second-order valence-corrected chi connectivity index (χ2v) is 6.82. The molecule has 0 unspecified atom stereocenters. The molecule has 0 amide bonds. The van der Waals surface area contributed by atoms with E-state index < -0.39 is 6.36 Å². The molecule has 4 rings (SSSR count). The summed E-state index contributed by atoms with van der Waals surface area (Å²) < 4.78 is 43.3. The standard InChI is InChI=1S/C17H9BrClF3N4O/c18-12-7-9(19)8-13-14(12)26-6-5-23-16(26)15(25-13)24-10-1-3-11(4-2-10)27-17(20,21)22/h1-8H,(H,24,25). The van der Waals surface area contributed by atoms with Crippen LogP contribution in [0.5, 0.6) is 5.75 Å². The van der Waals surface area contributed by atoms with Gasteiger partial charge in [0, 0.05) is 27.6 Å². The number of hydrogen-bond donors (Lipinski definition) is 1. The average Bonchev–Trinajstić information content (AvgIpc) is 3.04. The maximum absolute atomic E-state index is 12.3. The van der Waals surface area contributed by atoms with Gasteiger partial charge in [0.1, 0.15) is 5.75 Å². The molecule has 5 nitrogen and oxygen atoms in total. The van der Waals surface area contributed by atoms with Crippen LogP contribution < -0.4 is 10.1 Å². The molecule has 0 spiro atoms. The number of halogens is 5. The van der Waals surface area contributed by atoms with E-state index in [0.717, 1.165) is 9.99 Å². The first-order valence-electron chi connectivity index (χ1n) is 7.55. The van der Waals surface area contributed by atoms with Crippen LogP contribution in [0.15, 0.2) is 53.3 Å². The van der Waals surface area contributed by atoms with E-state index in [4.69, 9.17) is 11.6 Å². The number of aromatic nitrogens is 3. The number of ether oxygens (including phenoxy) is 1. The number of imidazole rings is 1. The predicted octanol–water partition coefficient (Wildman–Crippen LogP) is 5.94. The van der Waals surface area contributed by atoms with Crippen molar-refractivity contribution in [2.75, 3.05) is 5.32 Å². The summed E-state index contributed by atoms with van der Waals surface area (Å²) in [5.74, 6) is 0.132. The van der Waals surface area contributed by atoms with Crippen LogP contribution in [-0.4, -0.2) is 20.7 Å². The summed E-state index contributed by atoms with van der Waals surface area (Å²) >= 11 is 9.59. The van der Waals surface area contributed by atoms with E-state index in [1.54, 1.807) is 24.5 Å². The fourth-order valence-electron chi connectivity index (χ4n) is 2.67. The predicted molar refractivity (Wildman–Crippen MR) is 99.6 cm³/mol. The lowest BCUT2D eigenvalue weighted by atomic mass is 10.3. The van der Waals surface area contributed by atoms with Gasteiger partial charge in [-0.25, -0.2) is 9.97 Å². The molecule has 0 saturated heterocycles. The first-order valence-corrected chi connectivity index (χ1v) is 8.72. The highest BCUT2D eigenvalue weighted by molar-refractivity contribution is 9.10. The summed E-state index contributed by atoms with van der Waals surface area (Å²) in [5, 5.41) is 3.58. The van der Waals surface area contributed by atoms with Crippen molar-refractivity contribution in [3.8, 4) is 5.75 Å². The number of alkyl halides is 3. The molecular weight excluding hydrogens is 449 g/mol. The van der Waals surface area contributed by atoms with E-state index in [0.29, 0.717) is 27.7 Å². The Kier molecular flexibility index (Phi) is 4.35. The maximum atomic E-state index is 12.3. The van der Waals surface area contributed by atoms with E-state index in [-0.39, 0.29) is 5.75 Å². The van der Waals surface area contributed by atoms with Crippen molar-refractivity contribution < 1.29 is 17.9 Å². The second-order valence-electron chi connectivity index (χ2n) is 5.53. The molecule has 2 aromatic carbocycles. The van der Waals surface area contributed by atoms with Gasteiger partial charge in [-0.2, -0.15) is 0 Å². The molecule has 0 saturated carbocycles. The zero-order chi connectivity index (χ0) is 19.2. The highest BCUT2D eigenvalue weighted by atomic mass is 79.9. The monoisotopic (exact) mass is 456 g/mol. The van der Waals surface area contributed by atoms with Crippen molar-refractivity contribution in [1.82, 2.24) is 14.4 Å². The van der Waals surface area contributed by atoms with Crippen LogP contribution in [-0.2, 0) is 0 Å². The van der Waals surface area contributed by atoms with Gasteiger partial charge in [-0.15, -0.1) is 13.2 Å². The minimum Gasteiger partial charge on any atom is -0.406 e. The van der Waals surface area contributed by atoms with Gasteiger partial charge in [-0.05, 0) is 52.3 Å². The van der Waals surface area contributed by atoms with Crippen LogP contribution in [0.1, 0.15) is 0 Å². The third-order valence-corrected chi connectivity index (χ3v) is 4.51. The van der Waals surface area contributed by atoms with E-state index in [1.807, 2.05) is 4.40 Å². The maximum Gasteiger partial charge on any atom is 0.573 e. The lowest BCUT2D eigenvalue weighted by Crippen LogP contribution is -2.17. The van der Waals surface area contributed by atoms with Gasteiger partial charge in [0.25, 0.3) is 0 Å². The third-order valence-electron chi connectivity index (χ3n) is 3.68. The summed E-state index contributed by atoms with van der Waals surface area (Å²) in [6, 6.07) is 8.82. The van der Waals surface area contributed by atoms with Crippen LogP contribution in [0, 0.1) is 0 Å². The van der Waals surface area contributed by atoms with Gasteiger partial charge in [0.15, 0.2) is 11.5 Å². The Balaban J connectivity index is 1.74. The Morgan fingerprint density at radius 3 is 2.59 bits per heavy atom. The smallest absolute Gasteiger partial charge is 0.406 e. The molecule has 10 heteroatoms. The van der Waals surface area contributed by atoms with Crippen molar-refractivity contribution in [3.63, 3.8) is 0 Å². The molecule has 0 bridgehead atoms. The summed E-state index contributed by atoms with van der Waals surface area (Å²) in [6.45, 7) is 0. The summed E-state index contributed by atoms with van der Waals surface area (Å²) in [7, 11) is 0. The number of benzene rings is 2.